The van der Waals surface area contributed by atoms with E-state index in [0.717, 1.165) is 0 Å². The van der Waals surface area contributed by atoms with Crippen LogP contribution in [0.2, 0.25) is 0 Å². The highest BCUT2D eigenvalue weighted by atomic mass is 16.3. The van der Waals surface area contributed by atoms with Crippen LogP contribution in [0.3, 0.4) is 0 Å². The molecule has 96 valence electrons. The van der Waals surface area contributed by atoms with Crippen LogP contribution in [0, 0.1) is 11.8 Å². The molecule has 0 radical (unpaired) electrons. The summed E-state index contributed by atoms with van der Waals surface area (Å²) in [4.78, 5) is 20.7. The smallest absolute Gasteiger partial charge is 0.158 e. The second-order valence-electron chi connectivity index (χ2n) is 4.60. The minimum Gasteiger partial charge on any atom is -0.385 e. The number of hydrogen-bond donors (Lipinski definition) is 2. The summed E-state index contributed by atoms with van der Waals surface area (Å²) in [6.45, 7) is 10.0. The van der Waals surface area contributed by atoms with Crippen molar-refractivity contribution in [3.63, 3.8) is 0 Å². The molecule has 0 spiro atoms. The van der Waals surface area contributed by atoms with Gasteiger partial charge < -0.3 is 10.2 Å². The van der Waals surface area contributed by atoms with Gasteiger partial charge in [0, 0.05) is 0 Å². The highest BCUT2D eigenvalue weighted by molar-refractivity contribution is 5.80. The van der Waals surface area contributed by atoms with Crippen LogP contribution in [0.1, 0.15) is 41.5 Å². The summed E-state index contributed by atoms with van der Waals surface area (Å²) in [5, 5.41) is 17.7. The second-order valence-corrected chi connectivity index (χ2v) is 4.60. The third-order valence-corrected chi connectivity index (χ3v) is 2.10. The average molecular weight is 232 g/mol. The van der Waals surface area contributed by atoms with Gasteiger partial charge in [-0.2, -0.15) is 0 Å². The molecule has 2 N–H and O–H groups in total. The van der Waals surface area contributed by atoms with Crippen molar-refractivity contribution >= 4 is 11.6 Å². The van der Waals surface area contributed by atoms with Gasteiger partial charge in [0.25, 0.3) is 0 Å². The highest BCUT2D eigenvalue weighted by Crippen LogP contribution is 2.00. The molecule has 0 saturated heterocycles. The minimum atomic E-state index is -0.769. The third-order valence-electron chi connectivity index (χ3n) is 2.10. The maximum Gasteiger partial charge on any atom is 0.158 e. The predicted octanol–water partition coefficient (Wildman–Crippen LogP) is 1.18. The lowest BCUT2D eigenvalue weighted by molar-refractivity contribution is -0.127. The summed E-state index contributed by atoms with van der Waals surface area (Å²) in [5.41, 5.74) is 0. The van der Waals surface area contributed by atoms with Crippen molar-refractivity contribution in [3.8, 4) is 0 Å². The number of ketones is 2. The first kappa shape index (κ1) is 17.6. The van der Waals surface area contributed by atoms with Crippen LogP contribution >= 0.6 is 0 Å². The topological polar surface area (TPSA) is 74.6 Å². The summed E-state index contributed by atoms with van der Waals surface area (Å²) in [7, 11) is 0. The quantitative estimate of drug-likeness (QED) is 0.763. The molecule has 0 rings (SSSR count). The van der Waals surface area contributed by atoms with Crippen LogP contribution in [0.5, 0.6) is 0 Å². The molecule has 0 amide bonds. The standard InChI is InChI=1S/2C6H12O2/c2*1-4(2)6(8)5(3)7/h2*4,6,8H,1-3H3. The van der Waals surface area contributed by atoms with E-state index in [1.165, 1.54) is 13.8 Å². The molecule has 2 atom stereocenters. The molecule has 16 heavy (non-hydrogen) atoms. The van der Waals surface area contributed by atoms with Crippen LogP contribution in [0.4, 0.5) is 0 Å². The van der Waals surface area contributed by atoms with Gasteiger partial charge in [-0.15, -0.1) is 0 Å². The first-order valence-corrected chi connectivity index (χ1v) is 5.48. The Morgan fingerprint density at radius 2 is 0.938 bits per heavy atom. The van der Waals surface area contributed by atoms with Gasteiger partial charge in [0.2, 0.25) is 0 Å². The monoisotopic (exact) mass is 232 g/mol. The number of hydrogen-bond acceptors (Lipinski definition) is 4. The van der Waals surface area contributed by atoms with Crippen LogP contribution in [-0.4, -0.2) is 34.0 Å². The summed E-state index contributed by atoms with van der Waals surface area (Å²) >= 11 is 0. The fourth-order valence-electron chi connectivity index (χ4n) is 0.939. The molecule has 0 aromatic rings. The molecule has 2 unspecified atom stereocenters. The molecular weight excluding hydrogens is 208 g/mol. The first-order valence-electron chi connectivity index (χ1n) is 5.48. The van der Waals surface area contributed by atoms with Crippen LogP contribution in [0.15, 0.2) is 0 Å². The molecule has 0 fully saturated rings. The molecule has 0 aliphatic rings. The summed E-state index contributed by atoms with van der Waals surface area (Å²) < 4.78 is 0. The van der Waals surface area contributed by atoms with Crippen LogP contribution < -0.4 is 0 Å². The van der Waals surface area contributed by atoms with E-state index in [4.69, 9.17) is 10.2 Å². The molecule has 0 aromatic carbocycles. The number of aliphatic hydroxyl groups excluding tert-OH is 2. The van der Waals surface area contributed by atoms with E-state index in [-0.39, 0.29) is 23.4 Å². The van der Waals surface area contributed by atoms with Crippen LogP contribution in [0.25, 0.3) is 0 Å². The molecular formula is C12H24O4. The molecule has 0 aliphatic carbocycles. The Morgan fingerprint density at radius 1 is 0.750 bits per heavy atom. The van der Waals surface area contributed by atoms with E-state index < -0.39 is 12.2 Å². The van der Waals surface area contributed by atoms with E-state index in [1.807, 2.05) is 27.7 Å². The Hall–Kier alpha value is -0.740. The van der Waals surface area contributed by atoms with Crippen LogP contribution in [-0.2, 0) is 9.59 Å². The van der Waals surface area contributed by atoms with Crippen molar-refractivity contribution in [2.24, 2.45) is 11.8 Å². The Balaban J connectivity index is 0. The van der Waals surface area contributed by atoms with Gasteiger partial charge in [-0.05, 0) is 25.7 Å². The molecule has 4 heteroatoms. The molecule has 4 nitrogen and oxygen atoms in total. The zero-order chi connectivity index (χ0) is 13.5. The number of carbonyl (C=O) groups excluding carboxylic acids is 2. The fourth-order valence-corrected chi connectivity index (χ4v) is 0.939. The lowest BCUT2D eigenvalue weighted by Gasteiger charge is -2.08. The third kappa shape index (κ3) is 8.56. The Bertz CT molecular complexity index is 197. The summed E-state index contributed by atoms with van der Waals surface area (Å²) in [6.07, 6.45) is -1.54. The van der Waals surface area contributed by atoms with Gasteiger partial charge in [-0.25, -0.2) is 0 Å². The van der Waals surface area contributed by atoms with Crippen molar-refractivity contribution in [1.82, 2.24) is 0 Å². The Morgan fingerprint density at radius 3 is 0.938 bits per heavy atom. The Labute approximate surface area is 97.7 Å². The average Bonchev–Trinajstić information content (AvgIpc) is 2.15. The van der Waals surface area contributed by atoms with Gasteiger partial charge in [0.05, 0.1) is 0 Å². The lowest BCUT2D eigenvalue weighted by atomic mass is 10.1. The van der Waals surface area contributed by atoms with Gasteiger partial charge in [0.15, 0.2) is 11.6 Å². The van der Waals surface area contributed by atoms with Crippen molar-refractivity contribution in [2.45, 2.75) is 53.8 Å². The van der Waals surface area contributed by atoms with E-state index in [0.29, 0.717) is 0 Å². The molecule has 0 aliphatic heterocycles. The largest absolute Gasteiger partial charge is 0.385 e. The molecule has 0 aromatic heterocycles. The summed E-state index contributed by atoms with van der Waals surface area (Å²) in [5.74, 6) is -0.208. The van der Waals surface area contributed by atoms with Gasteiger partial charge in [0.1, 0.15) is 12.2 Å². The van der Waals surface area contributed by atoms with Crippen molar-refractivity contribution in [3.05, 3.63) is 0 Å². The first-order chi connectivity index (χ1) is 7.11. The SMILES string of the molecule is CC(=O)C(O)C(C)C.CC(=O)C(O)C(C)C. The number of carbonyl (C=O) groups is 2. The van der Waals surface area contributed by atoms with Crippen molar-refractivity contribution in [1.29, 1.82) is 0 Å². The number of Topliss-reactive ketones (excluding diaryl/α,β-unsaturated/α-hetero) is 2. The maximum absolute atomic E-state index is 10.3. The van der Waals surface area contributed by atoms with E-state index >= 15 is 0 Å². The van der Waals surface area contributed by atoms with E-state index in [9.17, 15) is 9.59 Å². The summed E-state index contributed by atoms with van der Waals surface area (Å²) in [6, 6.07) is 0. The second kappa shape index (κ2) is 8.42. The van der Waals surface area contributed by atoms with Gasteiger partial charge in [-0.1, -0.05) is 27.7 Å². The highest BCUT2D eigenvalue weighted by Gasteiger charge is 2.13. The zero-order valence-electron chi connectivity index (χ0n) is 11.0. The number of aliphatic hydroxyl groups is 2. The van der Waals surface area contributed by atoms with Crippen molar-refractivity contribution < 1.29 is 19.8 Å². The van der Waals surface area contributed by atoms with E-state index in [2.05, 4.69) is 0 Å². The molecule has 0 saturated carbocycles. The zero-order valence-corrected chi connectivity index (χ0v) is 11.0. The van der Waals surface area contributed by atoms with Gasteiger partial charge in [-0.3, -0.25) is 9.59 Å². The van der Waals surface area contributed by atoms with E-state index in [1.54, 1.807) is 0 Å². The maximum atomic E-state index is 10.3. The lowest BCUT2D eigenvalue weighted by Crippen LogP contribution is -2.22. The van der Waals surface area contributed by atoms with Gasteiger partial charge >= 0.3 is 0 Å². The number of rotatable bonds is 4. The molecule has 0 heterocycles. The normalized spacial score (nSPS) is 14.1. The minimum absolute atomic E-state index is 0.0486. The molecule has 0 bridgehead atoms. The fraction of sp³-hybridized carbons (Fsp3) is 0.833. The van der Waals surface area contributed by atoms with Crippen molar-refractivity contribution in [2.75, 3.05) is 0 Å². The Kier molecular flexibility index (Phi) is 9.28. The predicted molar refractivity (Wildman–Crippen MR) is 63.1 cm³/mol.